The Morgan fingerprint density at radius 2 is 2.50 bits per heavy atom. The van der Waals surface area contributed by atoms with Gasteiger partial charge in [-0.1, -0.05) is 0 Å². The van der Waals surface area contributed by atoms with Gasteiger partial charge in [0.1, 0.15) is 5.69 Å². The molecule has 2 rings (SSSR count). The normalized spacial score (nSPS) is 16.9. The second kappa shape index (κ2) is 5.07. The largest absolute Gasteiger partial charge is 0.396 e. The average Bonchev–Trinajstić information content (AvgIpc) is 2.88. The number of nitrogen functional groups attached to an aromatic ring is 1. The van der Waals surface area contributed by atoms with Crippen molar-refractivity contribution in [2.45, 2.75) is 25.8 Å². The van der Waals surface area contributed by atoms with Crippen molar-refractivity contribution in [1.82, 2.24) is 20.4 Å². The van der Waals surface area contributed by atoms with E-state index < -0.39 is 0 Å². The minimum Gasteiger partial charge on any atom is -0.396 e. The van der Waals surface area contributed by atoms with E-state index in [4.69, 9.17) is 5.73 Å². The topological polar surface area (TPSA) is 104 Å². The predicted molar refractivity (Wildman–Crippen MR) is 65.7 cm³/mol. The van der Waals surface area contributed by atoms with Crippen molar-refractivity contribution in [2.75, 3.05) is 18.8 Å². The zero-order valence-electron chi connectivity index (χ0n) is 10.3. The summed E-state index contributed by atoms with van der Waals surface area (Å²) in [6, 6.07) is -0.123. The van der Waals surface area contributed by atoms with E-state index in [1.54, 1.807) is 4.90 Å². The van der Waals surface area contributed by atoms with E-state index in [0.717, 1.165) is 13.0 Å². The van der Waals surface area contributed by atoms with Crippen LogP contribution in [-0.4, -0.2) is 46.0 Å². The highest BCUT2D eigenvalue weighted by molar-refractivity contribution is 5.97. The summed E-state index contributed by atoms with van der Waals surface area (Å²) in [6.45, 7) is 3.15. The SMILES string of the molecule is CC(CN1CCCC1=O)NC(=O)c1[nH]ncc1N. The number of likely N-dealkylation sites (tertiary alicyclic amines) is 1. The number of aromatic amines is 1. The first kappa shape index (κ1) is 12.4. The number of H-pyrrole nitrogens is 1. The number of nitrogens with two attached hydrogens (primary N) is 1. The molecule has 0 aliphatic carbocycles. The number of hydrogen-bond acceptors (Lipinski definition) is 4. The molecular weight excluding hydrogens is 234 g/mol. The number of aromatic nitrogens is 2. The van der Waals surface area contributed by atoms with Gasteiger partial charge < -0.3 is 16.0 Å². The van der Waals surface area contributed by atoms with Gasteiger partial charge in [-0.3, -0.25) is 14.7 Å². The standard InChI is InChI=1S/C11H17N5O2/c1-7(6-16-4-2-3-9(16)17)14-11(18)10-8(12)5-13-15-10/h5,7H,2-4,6,12H2,1H3,(H,13,15)(H,14,18). The molecule has 1 aliphatic heterocycles. The third-order valence-corrected chi connectivity index (χ3v) is 2.94. The molecule has 1 aromatic rings. The van der Waals surface area contributed by atoms with Crippen LogP contribution in [0.3, 0.4) is 0 Å². The van der Waals surface area contributed by atoms with Crippen molar-refractivity contribution < 1.29 is 9.59 Å². The summed E-state index contributed by atoms with van der Waals surface area (Å²) in [7, 11) is 0. The smallest absolute Gasteiger partial charge is 0.271 e. The zero-order valence-corrected chi connectivity index (χ0v) is 10.3. The molecule has 1 aliphatic rings. The minimum absolute atomic E-state index is 0.123. The summed E-state index contributed by atoms with van der Waals surface area (Å²) in [5, 5.41) is 9.02. The third kappa shape index (κ3) is 2.61. The highest BCUT2D eigenvalue weighted by atomic mass is 16.2. The summed E-state index contributed by atoms with van der Waals surface area (Å²) in [4.78, 5) is 25.0. The van der Waals surface area contributed by atoms with Gasteiger partial charge in [0.25, 0.3) is 5.91 Å². The maximum absolute atomic E-state index is 11.8. The first-order valence-electron chi connectivity index (χ1n) is 5.95. The van der Waals surface area contributed by atoms with E-state index in [9.17, 15) is 9.59 Å². The summed E-state index contributed by atoms with van der Waals surface area (Å²) in [5.41, 5.74) is 6.16. The average molecular weight is 251 g/mol. The van der Waals surface area contributed by atoms with Crippen LogP contribution in [-0.2, 0) is 4.79 Å². The van der Waals surface area contributed by atoms with Crippen molar-refractivity contribution in [2.24, 2.45) is 0 Å². The van der Waals surface area contributed by atoms with Crippen LogP contribution in [0, 0.1) is 0 Å². The van der Waals surface area contributed by atoms with Gasteiger partial charge in [0.15, 0.2) is 0 Å². The highest BCUT2D eigenvalue weighted by Crippen LogP contribution is 2.10. The van der Waals surface area contributed by atoms with Crippen molar-refractivity contribution in [3.05, 3.63) is 11.9 Å². The lowest BCUT2D eigenvalue weighted by molar-refractivity contribution is -0.127. The Labute approximate surface area is 105 Å². The van der Waals surface area contributed by atoms with Crippen LogP contribution in [0.2, 0.25) is 0 Å². The van der Waals surface area contributed by atoms with E-state index in [-0.39, 0.29) is 23.6 Å². The molecule has 7 heteroatoms. The Bertz CT molecular complexity index is 456. The molecule has 1 saturated heterocycles. The Kier molecular flexibility index (Phi) is 3.50. The molecule has 0 bridgehead atoms. The van der Waals surface area contributed by atoms with Gasteiger partial charge in [-0.15, -0.1) is 0 Å². The molecule has 4 N–H and O–H groups in total. The van der Waals surface area contributed by atoms with Crippen LogP contribution in [0.25, 0.3) is 0 Å². The number of rotatable bonds is 4. The van der Waals surface area contributed by atoms with Gasteiger partial charge in [0, 0.05) is 25.6 Å². The second-order valence-electron chi connectivity index (χ2n) is 4.52. The van der Waals surface area contributed by atoms with Gasteiger partial charge in [0.2, 0.25) is 5.91 Å². The van der Waals surface area contributed by atoms with Gasteiger partial charge in [-0.2, -0.15) is 5.10 Å². The first-order valence-corrected chi connectivity index (χ1v) is 5.95. The molecule has 1 fully saturated rings. The molecule has 1 aromatic heterocycles. The fourth-order valence-corrected chi connectivity index (χ4v) is 2.05. The summed E-state index contributed by atoms with van der Waals surface area (Å²) in [6.07, 6.45) is 2.89. The van der Waals surface area contributed by atoms with E-state index in [1.807, 2.05) is 6.92 Å². The summed E-state index contributed by atoms with van der Waals surface area (Å²) < 4.78 is 0. The number of anilines is 1. The molecule has 0 radical (unpaired) electrons. The van der Waals surface area contributed by atoms with Gasteiger partial charge >= 0.3 is 0 Å². The van der Waals surface area contributed by atoms with Gasteiger partial charge in [-0.05, 0) is 13.3 Å². The van der Waals surface area contributed by atoms with Crippen LogP contribution >= 0.6 is 0 Å². The molecule has 7 nitrogen and oxygen atoms in total. The predicted octanol–water partition coefficient (Wildman–Crippen LogP) is -0.267. The van der Waals surface area contributed by atoms with E-state index >= 15 is 0 Å². The molecule has 0 saturated carbocycles. The van der Waals surface area contributed by atoms with Crippen molar-refractivity contribution >= 4 is 17.5 Å². The van der Waals surface area contributed by atoms with Crippen LogP contribution in [0.1, 0.15) is 30.3 Å². The first-order chi connectivity index (χ1) is 8.58. The van der Waals surface area contributed by atoms with E-state index in [0.29, 0.717) is 18.7 Å². The lowest BCUT2D eigenvalue weighted by Gasteiger charge is -2.21. The number of amides is 2. The Hall–Kier alpha value is -2.05. The lowest BCUT2D eigenvalue weighted by Crippen LogP contribution is -2.42. The molecule has 1 unspecified atom stereocenters. The number of nitrogens with zero attached hydrogens (tertiary/aromatic N) is 2. The molecule has 2 heterocycles. The van der Waals surface area contributed by atoms with E-state index in [1.165, 1.54) is 6.20 Å². The molecule has 1 atom stereocenters. The fraction of sp³-hybridized carbons (Fsp3) is 0.545. The molecule has 0 spiro atoms. The number of carbonyl (C=O) groups excluding carboxylic acids is 2. The molecular formula is C11H17N5O2. The Balaban J connectivity index is 1.88. The van der Waals surface area contributed by atoms with Crippen molar-refractivity contribution in [1.29, 1.82) is 0 Å². The Morgan fingerprint density at radius 1 is 1.72 bits per heavy atom. The summed E-state index contributed by atoms with van der Waals surface area (Å²) in [5.74, 6) is -0.152. The van der Waals surface area contributed by atoms with E-state index in [2.05, 4.69) is 15.5 Å². The second-order valence-corrected chi connectivity index (χ2v) is 4.52. The van der Waals surface area contributed by atoms with Crippen LogP contribution in [0.5, 0.6) is 0 Å². The quantitative estimate of drug-likeness (QED) is 0.685. The van der Waals surface area contributed by atoms with Gasteiger partial charge in [-0.25, -0.2) is 0 Å². The minimum atomic E-state index is -0.302. The third-order valence-electron chi connectivity index (χ3n) is 2.94. The Morgan fingerprint density at radius 3 is 3.06 bits per heavy atom. The van der Waals surface area contributed by atoms with Crippen molar-refractivity contribution in [3.63, 3.8) is 0 Å². The molecule has 18 heavy (non-hydrogen) atoms. The molecule has 2 amide bonds. The maximum Gasteiger partial charge on any atom is 0.271 e. The van der Waals surface area contributed by atoms with Crippen LogP contribution < -0.4 is 11.1 Å². The van der Waals surface area contributed by atoms with Gasteiger partial charge in [0.05, 0.1) is 11.9 Å². The zero-order chi connectivity index (χ0) is 13.1. The number of nitrogens with one attached hydrogen (secondary N) is 2. The lowest BCUT2D eigenvalue weighted by atomic mass is 10.2. The fourth-order valence-electron chi connectivity index (χ4n) is 2.05. The molecule has 0 aromatic carbocycles. The number of hydrogen-bond donors (Lipinski definition) is 3. The summed E-state index contributed by atoms with van der Waals surface area (Å²) >= 11 is 0. The van der Waals surface area contributed by atoms with Crippen molar-refractivity contribution in [3.8, 4) is 0 Å². The highest BCUT2D eigenvalue weighted by Gasteiger charge is 2.23. The maximum atomic E-state index is 11.8. The van der Waals surface area contributed by atoms with Crippen LogP contribution in [0.15, 0.2) is 6.20 Å². The van der Waals surface area contributed by atoms with Crippen LogP contribution in [0.4, 0.5) is 5.69 Å². The monoisotopic (exact) mass is 251 g/mol. The molecule has 98 valence electrons. The number of carbonyl (C=O) groups is 2.